The number of ketones is 1. The lowest BCUT2D eigenvalue weighted by molar-refractivity contribution is -0.120. The molecule has 0 unspecified atom stereocenters. The number of halogens is 1. The zero-order valence-corrected chi connectivity index (χ0v) is 9.69. The number of carbonyl (C=O) groups is 1. The van der Waals surface area contributed by atoms with Crippen LogP contribution in [0.3, 0.4) is 0 Å². The summed E-state index contributed by atoms with van der Waals surface area (Å²) in [4.78, 5) is 23.0. The first kappa shape index (κ1) is 11.2. The number of nitrogens with zero attached hydrogens (tertiary/aromatic N) is 1. The highest BCUT2D eigenvalue weighted by atomic mass is 19.1. The van der Waals surface area contributed by atoms with Crippen LogP contribution in [-0.2, 0) is 4.79 Å². The van der Waals surface area contributed by atoms with Crippen LogP contribution in [0.1, 0.15) is 31.7 Å². The third-order valence-corrected chi connectivity index (χ3v) is 3.45. The van der Waals surface area contributed by atoms with E-state index in [1.807, 2.05) is 0 Å². The van der Waals surface area contributed by atoms with Gasteiger partial charge in [-0.15, -0.1) is 0 Å². The summed E-state index contributed by atoms with van der Waals surface area (Å²) in [5.74, 6) is -0.671. The molecule has 1 aromatic carbocycles. The summed E-state index contributed by atoms with van der Waals surface area (Å²) < 4.78 is 19.6. The zero-order chi connectivity index (χ0) is 12.7. The van der Waals surface area contributed by atoms with Crippen LogP contribution in [0.15, 0.2) is 27.4 Å². The molecule has 0 N–H and O–H groups in total. The SMILES string of the molecule is O=C1CCC(n2c(=O)oc3cc(F)ccc32)CC1. The molecule has 3 rings (SSSR count). The molecule has 1 heterocycles. The second-order valence-electron chi connectivity index (χ2n) is 4.62. The molecule has 0 radical (unpaired) electrons. The third kappa shape index (κ3) is 1.75. The fraction of sp³-hybridized carbons (Fsp3) is 0.385. The highest BCUT2D eigenvalue weighted by Crippen LogP contribution is 2.28. The Balaban J connectivity index is 2.08. The Morgan fingerprint density at radius 3 is 2.67 bits per heavy atom. The van der Waals surface area contributed by atoms with Crippen molar-refractivity contribution >= 4 is 16.9 Å². The number of benzene rings is 1. The molecule has 1 saturated carbocycles. The van der Waals surface area contributed by atoms with Crippen LogP contribution in [0.25, 0.3) is 11.1 Å². The molecule has 5 heteroatoms. The van der Waals surface area contributed by atoms with E-state index in [0.29, 0.717) is 31.2 Å². The van der Waals surface area contributed by atoms with Crippen LogP contribution in [0.5, 0.6) is 0 Å². The van der Waals surface area contributed by atoms with Crippen molar-refractivity contribution in [2.24, 2.45) is 0 Å². The van der Waals surface area contributed by atoms with Gasteiger partial charge in [-0.1, -0.05) is 0 Å². The van der Waals surface area contributed by atoms with Gasteiger partial charge in [0.2, 0.25) is 0 Å². The van der Waals surface area contributed by atoms with E-state index in [9.17, 15) is 14.0 Å². The van der Waals surface area contributed by atoms with Crippen LogP contribution in [0, 0.1) is 5.82 Å². The number of Topliss-reactive ketones (excluding diaryl/α,β-unsaturated/α-hetero) is 1. The zero-order valence-electron chi connectivity index (χ0n) is 9.69. The first-order valence-electron chi connectivity index (χ1n) is 5.97. The summed E-state index contributed by atoms with van der Waals surface area (Å²) in [5.41, 5.74) is 0.859. The minimum absolute atomic E-state index is 0.0260. The molecule has 2 aromatic rings. The van der Waals surface area contributed by atoms with Crippen molar-refractivity contribution in [1.82, 2.24) is 4.57 Å². The van der Waals surface area contributed by atoms with Crippen molar-refractivity contribution in [3.05, 3.63) is 34.6 Å². The lowest BCUT2D eigenvalue weighted by Gasteiger charge is -2.21. The van der Waals surface area contributed by atoms with E-state index < -0.39 is 11.6 Å². The first-order valence-corrected chi connectivity index (χ1v) is 5.97. The van der Waals surface area contributed by atoms with Gasteiger partial charge in [0.25, 0.3) is 0 Å². The Morgan fingerprint density at radius 2 is 1.94 bits per heavy atom. The Bertz CT molecular complexity index is 660. The van der Waals surface area contributed by atoms with Crippen molar-refractivity contribution in [3.63, 3.8) is 0 Å². The number of rotatable bonds is 1. The summed E-state index contributed by atoms with van der Waals surface area (Å²) in [7, 11) is 0. The third-order valence-electron chi connectivity index (χ3n) is 3.45. The molecule has 4 nitrogen and oxygen atoms in total. The monoisotopic (exact) mass is 249 g/mol. The normalized spacial score (nSPS) is 17.5. The van der Waals surface area contributed by atoms with Gasteiger partial charge >= 0.3 is 5.76 Å². The van der Waals surface area contributed by atoms with E-state index in [1.165, 1.54) is 12.1 Å². The van der Waals surface area contributed by atoms with E-state index in [2.05, 4.69) is 0 Å². The summed E-state index contributed by atoms with van der Waals surface area (Å²) in [6.07, 6.45) is 2.27. The number of fused-ring (bicyclic) bond motifs is 1. The van der Waals surface area contributed by atoms with Gasteiger partial charge in [0.05, 0.1) is 5.52 Å². The van der Waals surface area contributed by atoms with Crippen LogP contribution in [0.4, 0.5) is 4.39 Å². The highest BCUT2D eigenvalue weighted by molar-refractivity contribution is 5.79. The Labute approximate surface area is 102 Å². The van der Waals surface area contributed by atoms with Gasteiger partial charge in [0.1, 0.15) is 11.6 Å². The topological polar surface area (TPSA) is 52.2 Å². The first-order chi connectivity index (χ1) is 8.65. The molecule has 0 atom stereocenters. The van der Waals surface area contributed by atoms with Gasteiger partial charge in [-0.05, 0) is 25.0 Å². The van der Waals surface area contributed by atoms with Crippen molar-refractivity contribution in [1.29, 1.82) is 0 Å². The van der Waals surface area contributed by atoms with E-state index in [1.54, 1.807) is 10.6 Å². The van der Waals surface area contributed by atoms with Crippen molar-refractivity contribution in [2.75, 3.05) is 0 Å². The second-order valence-corrected chi connectivity index (χ2v) is 4.62. The second kappa shape index (κ2) is 4.08. The minimum Gasteiger partial charge on any atom is -0.408 e. The van der Waals surface area contributed by atoms with Crippen molar-refractivity contribution in [3.8, 4) is 0 Å². The number of hydrogen-bond donors (Lipinski definition) is 0. The molecule has 0 spiro atoms. The van der Waals surface area contributed by atoms with Gasteiger partial charge in [0.15, 0.2) is 5.58 Å². The number of hydrogen-bond acceptors (Lipinski definition) is 3. The Kier molecular flexibility index (Phi) is 2.54. The van der Waals surface area contributed by atoms with Gasteiger partial charge in [-0.2, -0.15) is 0 Å². The molecule has 0 aliphatic heterocycles. The number of carbonyl (C=O) groups excluding carboxylic acids is 1. The molecule has 1 fully saturated rings. The lowest BCUT2D eigenvalue weighted by atomic mass is 9.94. The molecule has 1 aliphatic carbocycles. The van der Waals surface area contributed by atoms with E-state index in [-0.39, 0.29) is 17.4 Å². The highest BCUT2D eigenvalue weighted by Gasteiger charge is 2.24. The van der Waals surface area contributed by atoms with Crippen molar-refractivity contribution < 1.29 is 13.6 Å². The quantitative estimate of drug-likeness (QED) is 0.779. The Hall–Kier alpha value is -1.91. The number of aromatic nitrogens is 1. The molecule has 18 heavy (non-hydrogen) atoms. The molecular formula is C13H12FNO3. The predicted octanol–water partition coefficient (Wildman–Crippen LogP) is 2.42. The van der Waals surface area contributed by atoms with Crippen LogP contribution < -0.4 is 5.76 Å². The standard InChI is InChI=1S/C13H12FNO3/c14-8-1-6-11-12(7-8)18-13(17)15(11)9-2-4-10(16)5-3-9/h1,6-7,9H,2-5H2. The molecule has 0 amide bonds. The predicted molar refractivity (Wildman–Crippen MR) is 62.9 cm³/mol. The summed E-state index contributed by atoms with van der Waals surface area (Å²) in [6.45, 7) is 0. The van der Waals surface area contributed by atoms with Gasteiger partial charge < -0.3 is 4.42 Å². The average Bonchev–Trinajstić information content (AvgIpc) is 2.65. The summed E-state index contributed by atoms with van der Waals surface area (Å²) >= 11 is 0. The summed E-state index contributed by atoms with van der Waals surface area (Å²) in [6, 6.07) is 4.04. The molecule has 94 valence electrons. The smallest absolute Gasteiger partial charge is 0.408 e. The largest absolute Gasteiger partial charge is 0.420 e. The maximum absolute atomic E-state index is 13.1. The van der Waals surface area contributed by atoms with Crippen LogP contribution in [-0.4, -0.2) is 10.4 Å². The van der Waals surface area contributed by atoms with E-state index in [0.717, 1.165) is 0 Å². The average molecular weight is 249 g/mol. The molecular weight excluding hydrogens is 237 g/mol. The minimum atomic E-state index is -0.477. The van der Waals surface area contributed by atoms with Gasteiger partial charge in [-0.3, -0.25) is 9.36 Å². The lowest BCUT2D eigenvalue weighted by Crippen LogP contribution is -2.24. The van der Waals surface area contributed by atoms with Crippen molar-refractivity contribution in [2.45, 2.75) is 31.7 Å². The van der Waals surface area contributed by atoms with E-state index >= 15 is 0 Å². The molecule has 1 aromatic heterocycles. The maximum atomic E-state index is 13.1. The van der Waals surface area contributed by atoms with Crippen LogP contribution >= 0.6 is 0 Å². The molecule has 0 saturated heterocycles. The number of oxazole rings is 1. The van der Waals surface area contributed by atoms with Gasteiger partial charge in [-0.25, -0.2) is 9.18 Å². The van der Waals surface area contributed by atoms with E-state index in [4.69, 9.17) is 4.42 Å². The fourth-order valence-electron chi connectivity index (χ4n) is 2.54. The van der Waals surface area contributed by atoms with Gasteiger partial charge in [0, 0.05) is 24.9 Å². The van der Waals surface area contributed by atoms with Crippen LogP contribution in [0.2, 0.25) is 0 Å². The molecule has 0 bridgehead atoms. The fourth-order valence-corrected chi connectivity index (χ4v) is 2.54. The maximum Gasteiger partial charge on any atom is 0.420 e. The molecule has 1 aliphatic rings. The Morgan fingerprint density at radius 1 is 1.22 bits per heavy atom. The summed E-state index contributed by atoms with van der Waals surface area (Å²) in [5, 5.41) is 0.